The minimum atomic E-state index is -0.178. The number of likely N-dealkylation sites (tertiary alicyclic amines) is 1. The summed E-state index contributed by atoms with van der Waals surface area (Å²) in [6.07, 6.45) is 2.13. The zero-order valence-corrected chi connectivity index (χ0v) is 15.2. The number of aryl methyl sites for hydroxylation is 2. The van der Waals surface area contributed by atoms with E-state index in [-0.39, 0.29) is 17.7 Å². The molecule has 7 nitrogen and oxygen atoms in total. The van der Waals surface area contributed by atoms with Crippen LogP contribution in [0.4, 0.5) is 0 Å². The number of carbonyl (C=O) groups excluding carboxylic acids is 2. The molecule has 0 aliphatic carbocycles. The maximum absolute atomic E-state index is 12.6. The first kappa shape index (κ1) is 18.1. The fourth-order valence-corrected chi connectivity index (χ4v) is 3.13. The van der Waals surface area contributed by atoms with Gasteiger partial charge in [0.15, 0.2) is 5.82 Å². The minimum Gasteiger partial charge on any atom is -0.355 e. The number of hydrogen-bond acceptors (Lipinski definition) is 5. The van der Waals surface area contributed by atoms with Gasteiger partial charge in [0, 0.05) is 31.6 Å². The fourth-order valence-electron chi connectivity index (χ4n) is 3.13. The van der Waals surface area contributed by atoms with Gasteiger partial charge in [-0.05, 0) is 38.8 Å². The first-order chi connectivity index (χ1) is 12.5. The summed E-state index contributed by atoms with van der Waals surface area (Å²) in [5, 5.41) is 6.64. The van der Waals surface area contributed by atoms with Crippen LogP contribution < -0.4 is 5.32 Å². The number of benzene rings is 1. The lowest BCUT2D eigenvalue weighted by Gasteiger charge is -2.32. The highest BCUT2D eigenvalue weighted by Gasteiger charge is 2.28. The van der Waals surface area contributed by atoms with E-state index in [1.165, 1.54) is 0 Å². The SMILES string of the molecule is Cc1ccc(C(=O)N2CCCC(C(=O)NCCc3nc(C)no3)C2)cc1. The molecule has 1 unspecified atom stereocenters. The highest BCUT2D eigenvalue weighted by molar-refractivity contribution is 5.94. The molecule has 1 N–H and O–H groups in total. The number of hydrogen-bond donors (Lipinski definition) is 1. The van der Waals surface area contributed by atoms with Gasteiger partial charge in [0.05, 0.1) is 5.92 Å². The van der Waals surface area contributed by atoms with Crippen LogP contribution in [0.3, 0.4) is 0 Å². The molecule has 2 amide bonds. The Morgan fingerprint density at radius 2 is 2.04 bits per heavy atom. The normalized spacial score (nSPS) is 17.2. The summed E-state index contributed by atoms with van der Waals surface area (Å²) in [5.74, 6) is 0.889. The molecule has 1 atom stereocenters. The Balaban J connectivity index is 1.51. The van der Waals surface area contributed by atoms with Crippen LogP contribution in [0.25, 0.3) is 0 Å². The summed E-state index contributed by atoms with van der Waals surface area (Å²) >= 11 is 0. The van der Waals surface area contributed by atoms with Gasteiger partial charge in [-0.3, -0.25) is 9.59 Å². The third-order valence-corrected chi connectivity index (χ3v) is 4.59. The Kier molecular flexibility index (Phi) is 5.65. The molecule has 0 radical (unpaired) electrons. The van der Waals surface area contributed by atoms with Crippen LogP contribution in [-0.2, 0) is 11.2 Å². The largest absolute Gasteiger partial charge is 0.355 e. The average molecular weight is 356 g/mol. The van der Waals surface area contributed by atoms with Gasteiger partial charge in [-0.15, -0.1) is 0 Å². The van der Waals surface area contributed by atoms with Crippen LogP contribution >= 0.6 is 0 Å². The topological polar surface area (TPSA) is 88.3 Å². The Morgan fingerprint density at radius 3 is 2.73 bits per heavy atom. The average Bonchev–Trinajstić information content (AvgIpc) is 3.07. The Bertz CT molecular complexity index is 769. The molecule has 1 fully saturated rings. The van der Waals surface area contributed by atoms with E-state index < -0.39 is 0 Å². The monoisotopic (exact) mass is 356 g/mol. The second kappa shape index (κ2) is 8.12. The predicted octanol–water partition coefficient (Wildman–Crippen LogP) is 1.90. The molecule has 1 aromatic carbocycles. The lowest BCUT2D eigenvalue weighted by atomic mass is 9.96. The Hall–Kier alpha value is -2.70. The van der Waals surface area contributed by atoms with E-state index >= 15 is 0 Å². The van der Waals surface area contributed by atoms with Crippen molar-refractivity contribution in [1.82, 2.24) is 20.4 Å². The molecular weight excluding hydrogens is 332 g/mol. The number of carbonyl (C=O) groups is 2. The van der Waals surface area contributed by atoms with Gasteiger partial charge < -0.3 is 14.7 Å². The van der Waals surface area contributed by atoms with Gasteiger partial charge in [0.1, 0.15) is 0 Å². The van der Waals surface area contributed by atoms with Crippen molar-refractivity contribution < 1.29 is 14.1 Å². The third-order valence-electron chi connectivity index (χ3n) is 4.59. The van der Waals surface area contributed by atoms with Crippen molar-refractivity contribution in [2.45, 2.75) is 33.1 Å². The van der Waals surface area contributed by atoms with Gasteiger partial charge in [0.25, 0.3) is 5.91 Å². The molecule has 1 aliphatic rings. The van der Waals surface area contributed by atoms with E-state index in [9.17, 15) is 9.59 Å². The summed E-state index contributed by atoms with van der Waals surface area (Å²) in [7, 11) is 0. The number of aromatic nitrogens is 2. The van der Waals surface area contributed by atoms with Crippen LogP contribution in [0, 0.1) is 19.8 Å². The molecule has 0 bridgehead atoms. The molecule has 138 valence electrons. The van der Waals surface area contributed by atoms with Crippen molar-refractivity contribution in [3.05, 3.63) is 47.1 Å². The second-order valence-corrected chi connectivity index (χ2v) is 6.73. The number of rotatable bonds is 5. The lowest BCUT2D eigenvalue weighted by Crippen LogP contribution is -2.45. The van der Waals surface area contributed by atoms with Crippen LogP contribution in [0.1, 0.15) is 40.5 Å². The zero-order valence-electron chi connectivity index (χ0n) is 15.2. The van der Waals surface area contributed by atoms with E-state index in [0.29, 0.717) is 43.3 Å². The zero-order chi connectivity index (χ0) is 18.5. The number of piperidine rings is 1. The molecule has 2 aromatic rings. The van der Waals surface area contributed by atoms with Gasteiger partial charge >= 0.3 is 0 Å². The number of nitrogens with one attached hydrogen (secondary N) is 1. The quantitative estimate of drug-likeness (QED) is 0.884. The molecule has 0 saturated carbocycles. The van der Waals surface area contributed by atoms with Crippen LogP contribution in [-0.4, -0.2) is 46.5 Å². The van der Waals surface area contributed by atoms with E-state index in [0.717, 1.165) is 18.4 Å². The predicted molar refractivity (Wildman–Crippen MR) is 95.6 cm³/mol. The molecule has 1 aromatic heterocycles. The van der Waals surface area contributed by atoms with Gasteiger partial charge in [0.2, 0.25) is 11.8 Å². The summed E-state index contributed by atoms with van der Waals surface area (Å²) in [6.45, 7) is 5.34. The van der Waals surface area contributed by atoms with Crippen molar-refractivity contribution in [2.24, 2.45) is 5.92 Å². The molecule has 1 aliphatic heterocycles. The van der Waals surface area contributed by atoms with Crippen molar-refractivity contribution in [3.63, 3.8) is 0 Å². The van der Waals surface area contributed by atoms with E-state index in [4.69, 9.17) is 4.52 Å². The summed E-state index contributed by atoms with van der Waals surface area (Å²) in [4.78, 5) is 31.0. The summed E-state index contributed by atoms with van der Waals surface area (Å²) in [5.41, 5.74) is 1.79. The third kappa shape index (κ3) is 4.47. The fraction of sp³-hybridized carbons (Fsp3) is 0.474. The number of amides is 2. The maximum atomic E-state index is 12.6. The number of nitrogens with zero attached hydrogens (tertiary/aromatic N) is 3. The van der Waals surface area contributed by atoms with Crippen LogP contribution in [0.2, 0.25) is 0 Å². The molecule has 7 heteroatoms. The molecule has 3 rings (SSSR count). The molecule has 0 spiro atoms. The minimum absolute atomic E-state index is 0.0103. The Labute approximate surface area is 152 Å². The van der Waals surface area contributed by atoms with Gasteiger partial charge in [-0.25, -0.2) is 0 Å². The van der Waals surface area contributed by atoms with Crippen molar-refractivity contribution in [3.8, 4) is 0 Å². The first-order valence-corrected chi connectivity index (χ1v) is 8.96. The Morgan fingerprint density at radius 1 is 1.27 bits per heavy atom. The molecular formula is C19H24N4O3. The highest BCUT2D eigenvalue weighted by Crippen LogP contribution is 2.19. The second-order valence-electron chi connectivity index (χ2n) is 6.73. The summed E-state index contributed by atoms with van der Waals surface area (Å²) in [6, 6.07) is 7.54. The van der Waals surface area contributed by atoms with Crippen molar-refractivity contribution >= 4 is 11.8 Å². The first-order valence-electron chi connectivity index (χ1n) is 8.96. The highest BCUT2D eigenvalue weighted by atomic mass is 16.5. The molecule has 1 saturated heterocycles. The maximum Gasteiger partial charge on any atom is 0.253 e. The van der Waals surface area contributed by atoms with E-state index in [1.807, 2.05) is 31.2 Å². The van der Waals surface area contributed by atoms with Crippen LogP contribution in [0.15, 0.2) is 28.8 Å². The standard InChI is InChI=1S/C19H24N4O3/c1-13-5-7-15(8-6-13)19(25)23-11-3-4-16(12-23)18(24)20-10-9-17-21-14(2)22-26-17/h5-8,16H,3-4,9-12H2,1-2H3,(H,20,24). The smallest absolute Gasteiger partial charge is 0.253 e. The van der Waals surface area contributed by atoms with Gasteiger partial charge in [-0.2, -0.15) is 4.98 Å². The van der Waals surface area contributed by atoms with Crippen molar-refractivity contribution in [2.75, 3.05) is 19.6 Å². The van der Waals surface area contributed by atoms with E-state index in [2.05, 4.69) is 15.5 Å². The van der Waals surface area contributed by atoms with Crippen molar-refractivity contribution in [1.29, 1.82) is 0 Å². The molecule has 2 heterocycles. The van der Waals surface area contributed by atoms with E-state index in [1.54, 1.807) is 11.8 Å². The lowest BCUT2D eigenvalue weighted by molar-refractivity contribution is -0.126. The van der Waals surface area contributed by atoms with Gasteiger partial charge in [-0.1, -0.05) is 22.9 Å². The van der Waals surface area contributed by atoms with Crippen LogP contribution in [0.5, 0.6) is 0 Å². The molecule has 26 heavy (non-hydrogen) atoms. The summed E-state index contributed by atoms with van der Waals surface area (Å²) < 4.78 is 5.03.